The van der Waals surface area contributed by atoms with E-state index in [1.807, 2.05) is 25.1 Å². The van der Waals surface area contributed by atoms with E-state index in [1.165, 1.54) is 5.56 Å². The van der Waals surface area contributed by atoms with Crippen molar-refractivity contribution in [3.8, 4) is 0 Å². The van der Waals surface area contributed by atoms with Gasteiger partial charge in [-0.25, -0.2) is 0 Å². The molecule has 108 valence electrons. The molecular formula is C15H18Br2N2O. The van der Waals surface area contributed by atoms with Gasteiger partial charge in [-0.05, 0) is 75.7 Å². The summed E-state index contributed by atoms with van der Waals surface area (Å²) < 4.78 is 7.71. The number of aryl methyl sites for hydroxylation is 1. The van der Waals surface area contributed by atoms with Crippen LogP contribution in [-0.2, 0) is 6.54 Å². The van der Waals surface area contributed by atoms with Gasteiger partial charge in [-0.1, -0.05) is 6.07 Å². The lowest BCUT2D eigenvalue weighted by atomic mass is 10.1. The first-order valence-electron chi connectivity index (χ1n) is 6.42. The molecule has 0 amide bonds. The maximum atomic E-state index is 5.95. The van der Waals surface area contributed by atoms with E-state index >= 15 is 0 Å². The largest absolute Gasteiger partial charge is 0.465 e. The molecule has 1 aromatic carbocycles. The first kappa shape index (κ1) is 15.8. The van der Waals surface area contributed by atoms with Crippen molar-refractivity contribution in [2.45, 2.75) is 19.5 Å². The van der Waals surface area contributed by atoms with Crippen LogP contribution in [0.1, 0.15) is 23.1 Å². The third kappa shape index (κ3) is 3.73. The van der Waals surface area contributed by atoms with E-state index in [-0.39, 0.29) is 6.04 Å². The van der Waals surface area contributed by atoms with Crippen LogP contribution < -0.4 is 5.73 Å². The van der Waals surface area contributed by atoms with E-state index in [2.05, 4.69) is 55.9 Å². The Hall–Kier alpha value is -0.620. The number of furan rings is 1. The summed E-state index contributed by atoms with van der Waals surface area (Å²) in [4.78, 5) is 2.20. The molecule has 1 unspecified atom stereocenters. The second kappa shape index (κ2) is 6.89. The fourth-order valence-corrected chi connectivity index (χ4v) is 2.86. The van der Waals surface area contributed by atoms with Gasteiger partial charge in [0.1, 0.15) is 11.5 Å². The molecule has 0 spiro atoms. The summed E-state index contributed by atoms with van der Waals surface area (Å²) in [6.07, 6.45) is 0. The maximum absolute atomic E-state index is 5.95. The van der Waals surface area contributed by atoms with E-state index in [0.29, 0.717) is 6.54 Å². The van der Waals surface area contributed by atoms with Crippen molar-refractivity contribution in [1.29, 1.82) is 0 Å². The molecule has 2 aromatic rings. The second-order valence-corrected chi connectivity index (χ2v) is 6.56. The van der Waals surface area contributed by atoms with E-state index in [0.717, 1.165) is 27.0 Å². The predicted molar refractivity (Wildman–Crippen MR) is 88.5 cm³/mol. The summed E-state index contributed by atoms with van der Waals surface area (Å²) in [5.74, 6) is 1.89. The number of rotatable bonds is 5. The third-order valence-electron chi connectivity index (χ3n) is 3.29. The van der Waals surface area contributed by atoms with Gasteiger partial charge in [0.05, 0.1) is 6.54 Å². The van der Waals surface area contributed by atoms with Crippen molar-refractivity contribution in [3.63, 3.8) is 0 Å². The van der Waals surface area contributed by atoms with E-state index < -0.39 is 0 Å². The van der Waals surface area contributed by atoms with Gasteiger partial charge in [0, 0.05) is 21.5 Å². The van der Waals surface area contributed by atoms with Gasteiger partial charge in [0.2, 0.25) is 0 Å². The lowest BCUT2D eigenvalue weighted by Gasteiger charge is -2.26. The number of hydrogen-bond donors (Lipinski definition) is 1. The quantitative estimate of drug-likeness (QED) is 0.814. The van der Waals surface area contributed by atoms with Crippen LogP contribution in [0.15, 0.2) is 43.7 Å². The third-order valence-corrected chi connectivity index (χ3v) is 5.16. The SMILES string of the molecule is Cc1ccc(CN(C)C(CN)c2ccc(Br)c(Br)c2)o1. The Morgan fingerprint density at radius 3 is 2.50 bits per heavy atom. The molecular weight excluding hydrogens is 384 g/mol. The standard InChI is InChI=1S/C15H18Br2N2O/c1-10-3-5-12(20-10)9-19(2)15(8-18)11-4-6-13(16)14(17)7-11/h3-7,15H,8-9,18H2,1-2H3. The van der Waals surface area contributed by atoms with E-state index in [1.54, 1.807) is 0 Å². The van der Waals surface area contributed by atoms with Crippen molar-refractivity contribution in [2.75, 3.05) is 13.6 Å². The lowest BCUT2D eigenvalue weighted by molar-refractivity contribution is 0.221. The zero-order chi connectivity index (χ0) is 14.7. The van der Waals surface area contributed by atoms with Gasteiger partial charge in [-0.3, -0.25) is 4.90 Å². The zero-order valence-corrected chi connectivity index (χ0v) is 14.7. The molecule has 0 saturated heterocycles. The molecule has 3 nitrogen and oxygen atoms in total. The minimum atomic E-state index is 0.157. The summed E-state index contributed by atoms with van der Waals surface area (Å²) in [5.41, 5.74) is 7.14. The number of benzene rings is 1. The summed E-state index contributed by atoms with van der Waals surface area (Å²) in [6, 6.07) is 10.4. The van der Waals surface area contributed by atoms with Gasteiger partial charge >= 0.3 is 0 Å². The summed E-state index contributed by atoms with van der Waals surface area (Å²) in [5, 5.41) is 0. The predicted octanol–water partition coefficient (Wildman–Crippen LogP) is 4.24. The number of likely N-dealkylation sites (N-methyl/N-ethyl adjacent to an activating group) is 1. The van der Waals surface area contributed by atoms with Crippen molar-refractivity contribution in [1.82, 2.24) is 4.90 Å². The molecule has 20 heavy (non-hydrogen) atoms. The molecule has 1 atom stereocenters. The fraction of sp³-hybridized carbons (Fsp3) is 0.333. The number of halogens is 2. The molecule has 1 heterocycles. The van der Waals surface area contributed by atoms with Crippen LogP contribution >= 0.6 is 31.9 Å². The lowest BCUT2D eigenvalue weighted by Crippen LogP contribution is -2.30. The van der Waals surface area contributed by atoms with Crippen LogP contribution in [0.25, 0.3) is 0 Å². The Kier molecular flexibility index (Phi) is 5.43. The Labute approximate surface area is 136 Å². The number of nitrogens with two attached hydrogens (primary N) is 1. The highest BCUT2D eigenvalue weighted by Crippen LogP contribution is 2.28. The highest BCUT2D eigenvalue weighted by molar-refractivity contribution is 9.13. The van der Waals surface area contributed by atoms with Crippen LogP contribution in [0, 0.1) is 6.92 Å². The van der Waals surface area contributed by atoms with Gasteiger partial charge in [0.25, 0.3) is 0 Å². The Bertz CT molecular complexity index is 583. The number of nitrogens with zero attached hydrogens (tertiary/aromatic N) is 1. The van der Waals surface area contributed by atoms with Gasteiger partial charge < -0.3 is 10.2 Å². The average Bonchev–Trinajstić information content (AvgIpc) is 2.80. The van der Waals surface area contributed by atoms with Crippen LogP contribution in [0.4, 0.5) is 0 Å². The monoisotopic (exact) mass is 400 g/mol. The molecule has 2 rings (SSSR count). The van der Waals surface area contributed by atoms with Crippen molar-refractivity contribution in [2.24, 2.45) is 5.73 Å². The molecule has 0 bridgehead atoms. The highest BCUT2D eigenvalue weighted by atomic mass is 79.9. The molecule has 0 aliphatic heterocycles. The highest BCUT2D eigenvalue weighted by Gasteiger charge is 2.17. The first-order chi connectivity index (χ1) is 9.51. The van der Waals surface area contributed by atoms with Gasteiger partial charge in [0.15, 0.2) is 0 Å². The van der Waals surface area contributed by atoms with Crippen LogP contribution in [0.3, 0.4) is 0 Å². The van der Waals surface area contributed by atoms with E-state index in [4.69, 9.17) is 10.2 Å². The molecule has 0 saturated carbocycles. The molecule has 1 aromatic heterocycles. The van der Waals surface area contributed by atoms with Crippen LogP contribution in [0.5, 0.6) is 0 Å². The Balaban J connectivity index is 2.16. The van der Waals surface area contributed by atoms with Crippen molar-refractivity contribution < 1.29 is 4.42 Å². The smallest absolute Gasteiger partial charge is 0.118 e. The van der Waals surface area contributed by atoms with Crippen LogP contribution in [-0.4, -0.2) is 18.5 Å². The fourth-order valence-electron chi connectivity index (χ4n) is 2.22. The summed E-state index contributed by atoms with van der Waals surface area (Å²) in [7, 11) is 2.06. The van der Waals surface area contributed by atoms with Crippen molar-refractivity contribution >= 4 is 31.9 Å². The Morgan fingerprint density at radius 1 is 1.20 bits per heavy atom. The Morgan fingerprint density at radius 2 is 1.95 bits per heavy atom. The van der Waals surface area contributed by atoms with Crippen molar-refractivity contribution in [3.05, 3.63) is 56.4 Å². The minimum absolute atomic E-state index is 0.157. The molecule has 0 aliphatic carbocycles. The normalized spacial score (nSPS) is 12.9. The summed E-state index contributed by atoms with van der Waals surface area (Å²) >= 11 is 7.03. The zero-order valence-electron chi connectivity index (χ0n) is 11.6. The van der Waals surface area contributed by atoms with Gasteiger partial charge in [-0.2, -0.15) is 0 Å². The molecule has 2 N–H and O–H groups in total. The maximum Gasteiger partial charge on any atom is 0.118 e. The molecule has 5 heteroatoms. The molecule has 0 fully saturated rings. The first-order valence-corrected chi connectivity index (χ1v) is 8.00. The van der Waals surface area contributed by atoms with Crippen LogP contribution in [0.2, 0.25) is 0 Å². The van der Waals surface area contributed by atoms with Gasteiger partial charge in [-0.15, -0.1) is 0 Å². The average molecular weight is 402 g/mol. The number of hydrogen-bond acceptors (Lipinski definition) is 3. The topological polar surface area (TPSA) is 42.4 Å². The summed E-state index contributed by atoms with van der Waals surface area (Å²) in [6.45, 7) is 3.25. The second-order valence-electron chi connectivity index (χ2n) is 4.85. The minimum Gasteiger partial charge on any atom is -0.465 e. The van der Waals surface area contributed by atoms with E-state index in [9.17, 15) is 0 Å². The molecule has 0 radical (unpaired) electrons. The molecule has 0 aliphatic rings.